The van der Waals surface area contributed by atoms with Gasteiger partial charge in [0.25, 0.3) is 0 Å². The van der Waals surface area contributed by atoms with E-state index >= 15 is 0 Å². The van der Waals surface area contributed by atoms with Crippen LogP contribution in [0.3, 0.4) is 0 Å². The molecular formula is C19H22N6O3S. The van der Waals surface area contributed by atoms with E-state index in [1.165, 1.54) is 16.4 Å². The van der Waals surface area contributed by atoms with Crippen LogP contribution in [-0.4, -0.2) is 52.3 Å². The number of pyridine rings is 1. The van der Waals surface area contributed by atoms with Crippen LogP contribution in [0, 0.1) is 0 Å². The van der Waals surface area contributed by atoms with Gasteiger partial charge in [-0.25, -0.2) is 4.68 Å². The van der Waals surface area contributed by atoms with Crippen molar-refractivity contribution in [2.45, 2.75) is 11.6 Å². The first-order chi connectivity index (χ1) is 14.1. The Hall–Kier alpha value is -3.27. The van der Waals surface area contributed by atoms with E-state index in [-0.39, 0.29) is 11.7 Å². The molecule has 0 saturated carbocycles. The minimum Gasteiger partial charge on any atom is -0.493 e. The van der Waals surface area contributed by atoms with Crippen molar-refractivity contribution in [2.75, 3.05) is 32.4 Å². The summed E-state index contributed by atoms with van der Waals surface area (Å²) in [7, 11) is 3.19. The number of rotatable bonds is 9. The number of thioether (sulfide) groups is 1. The summed E-state index contributed by atoms with van der Waals surface area (Å²) in [5.74, 6) is 7.95. The Morgan fingerprint density at radius 1 is 1.21 bits per heavy atom. The maximum atomic E-state index is 12.1. The number of nitrogens with zero attached hydrogens (tertiary/aromatic N) is 4. The van der Waals surface area contributed by atoms with Crippen molar-refractivity contribution in [3.63, 3.8) is 0 Å². The summed E-state index contributed by atoms with van der Waals surface area (Å²) in [5.41, 5.74) is 1.80. The molecule has 0 fully saturated rings. The molecule has 0 aliphatic heterocycles. The Morgan fingerprint density at radius 3 is 2.76 bits per heavy atom. The lowest BCUT2D eigenvalue weighted by Gasteiger charge is -2.10. The van der Waals surface area contributed by atoms with E-state index in [0.29, 0.717) is 35.4 Å². The summed E-state index contributed by atoms with van der Waals surface area (Å²) in [6.45, 7) is 0.505. The molecule has 0 spiro atoms. The number of nitrogen functional groups attached to an aromatic ring is 1. The molecule has 3 rings (SSSR count). The molecule has 2 aromatic heterocycles. The Balaban J connectivity index is 1.48. The fourth-order valence-electron chi connectivity index (χ4n) is 2.63. The van der Waals surface area contributed by atoms with Gasteiger partial charge in [0.1, 0.15) is 0 Å². The third-order valence-corrected chi connectivity index (χ3v) is 5.04. The third kappa shape index (κ3) is 5.17. The van der Waals surface area contributed by atoms with E-state index in [0.717, 1.165) is 11.1 Å². The molecule has 10 heteroatoms. The average molecular weight is 414 g/mol. The van der Waals surface area contributed by atoms with Crippen LogP contribution in [0.5, 0.6) is 11.5 Å². The SMILES string of the molecule is COc1ccc(CCNC(=O)CSc2nnc(-c3cccnc3)n2N)cc1OC. The molecule has 3 aromatic rings. The summed E-state index contributed by atoms with van der Waals surface area (Å²) in [6.07, 6.45) is 4.00. The van der Waals surface area contributed by atoms with Crippen LogP contribution in [-0.2, 0) is 11.2 Å². The molecule has 0 aliphatic rings. The highest BCUT2D eigenvalue weighted by Crippen LogP contribution is 2.27. The van der Waals surface area contributed by atoms with Crippen molar-refractivity contribution in [3.05, 3.63) is 48.3 Å². The molecule has 0 atom stereocenters. The highest BCUT2D eigenvalue weighted by atomic mass is 32.2. The smallest absolute Gasteiger partial charge is 0.230 e. The normalized spacial score (nSPS) is 10.6. The lowest BCUT2D eigenvalue weighted by molar-refractivity contribution is -0.118. The van der Waals surface area contributed by atoms with Gasteiger partial charge in [-0.2, -0.15) is 0 Å². The van der Waals surface area contributed by atoms with Gasteiger partial charge in [-0.1, -0.05) is 17.8 Å². The average Bonchev–Trinajstić information content (AvgIpc) is 3.13. The minimum absolute atomic E-state index is 0.110. The Kier molecular flexibility index (Phi) is 6.90. The number of amides is 1. The molecule has 1 amide bonds. The van der Waals surface area contributed by atoms with Crippen molar-refractivity contribution >= 4 is 17.7 Å². The number of aromatic nitrogens is 4. The standard InChI is InChI=1S/C19H22N6O3S/c1-27-15-6-5-13(10-16(15)28-2)7-9-22-17(26)12-29-19-24-23-18(25(19)20)14-4-3-8-21-11-14/h3-6,8,10-11H,7,9,12,20H2,1-2H3,(H,22,26). The van der Waals surface area contributed by atoms with Crippen molar-refractivity contribution < 1.29 is 14.3 Å². The number of methoxy groups -OCH3 is 2. The molecule has 0 radical (unpaired) electrons. The van der Waals surface area contributed by atoms with Gasteiger partial charge in [0.2, 0.25) is 11.1 Å². The maximum absolute atomic E-state index is 12.1. The van der Waals surface area contributed by atoms with Crippen LogP contribution >= 0.6 is 11.8 Å². The minimum atomic E-state index is -0.110. The van der Waals surface area contributed by atoms with Crippen LogP contribution in [0.4, 0.5) is 0 Å². The molecule has 152 valence electrons. The van der Waals surface area contributed by atoms with Crippen LogP contribution < -0.4 is 20.6 Å². The maximum Gasteiger partial charge on any atom is 0.230 e. The summed E-state index contributed by atoms with van der Waals surface area (Å²) >= 11 is 1.22. The molecule has 0 saturated heterocycles. The van der Waals surface area contributed by atoms with Gasteiger partial charge >= 0.3 is 0 Å². The van der Waals surface area contributed by atoms with E-state index in [2.05, 4.69) is 20.5 Å². The third-order valence-electron chi connectivity index (χ3n) is 4.10. The first kappa shape index (κ1) is 20.5. The zero-order valence-electron chi connectivity index (χ0n) is 16.2. The number of nitrogens with one attached hydrogen (secondary N) is 1. The second-order valence-electron chi connectivity index (χ2n) is 6.00. The topological polar surface area (TPSA) is 117 Å². The Labute approximate surface area is 172 Å². The lowest BCUT2D eigenvalue weighted by atomic mass is 10.1. The highest BCUT2D eigenvalue weighted by Gasteiger charge is 2.14. The second kappa shape index (κ2) is 9.78. The number of carbonyl (C=O) groups is 1. The summed E-state index contributed by atoms with van der Waals surface area (Å²) in [5, 5.41) is 11.5. The predicted octanol–water partition coefficient (Wildman–Crippen LogP) is 1.52. The number of hydrogen-bond donors (Lipinski definition) is 2. The fourth-order valence-corrected chi connectivity index (χ4v) is 3.32. The molecule has 9 nitrogen and oxygen atoms in total. The van der Waals surface area contributed by atoms with Crippen molar-refractivity contribution in [1.82, 2.24) is 25.2 Å². The van der Waals surface area contributed by atoms with Gasteiger partial charge in [0.05, 0.1) is 20.0 Å². The molecule has 1 aromatic carbocycles. The summed E-state index contributed by atoms with van der Waals surface area (Å²) < 4.78 is 11.9. The van der Waals surface area contributed by atoms with Gasteiger partial charge in [-0.3, -0.25) is 9.78 Å². The molecule has 0 aliphatic carbocycles. The largest absolute Gasteiger partial charge is 0.493 e. The molecule has 2 heterocycles. The molecule has 29 heavy (non-hydrogen) atoms. The molecule has 3 N–H and O–H groups in total. The van der Waals surface area contributed by atoms with Crippen LogP contribution in [0.25, 0.3) is 11.4 Å². The van der Waals surface area contributed by atoms with Gasteiger partial charge < -0.3 is 20.6 Å². The van der Waals surface area contributed by atoms with Gasteiger partial charge in [-0.15, -0.1) is 10.2 Å². The van der Waals surface area contributed by atoms with Crippen molar-refractivity contribution in [1.29, 1.82) is 0 Å². The quantitative estimate of drug-likeness (QED) is 0.400. The highest BCUT2D eigenvalue weighted by molar-refractivity contribution is 7.99. The summed E-state index contributed by atoms with van der Waals surface area (Å²) in [6, 6.07) is 9.33. The fraction of sp³-hybridized carbons (Fsp3) is 0.263. The number of carbonyl (C=O) groups excluding carboxylic acids is 1. The number of nitrogens with two attached hydrogens (primary N) is 1. The van der Waals surface area contributed by atoms with Crippen LogP contribution in [0.15, 0.2) is 47.9 Å². The Bertz CT molecular complexity index is 964. The second-order valence-corrected chi connectivity index (χ2v) is 6.94. The summed E-state index contributed by atoms with van der Waals surface area (Å²) in [4.78, 5) is 16.2. The van der Waals surface area contributed by atoms with Gasteiger partial charge in [0, 0.05) is 24.5 Å². The first-order valence-electron chi connectivity index (χ1n) is 8.83. The van der Waals surface area contributed by atoms with Crippen molar-refractivity contribution in [3.8, 4) is 22.9 Å². The Morgan fingerprint density at radius 2 is 2.03 bits per heavy atom. The van der Waals surface area contributed by atoms with Crippen LogP contribution in [0.1, 0.15) is 5.56 Å². The number of ether oxygens (including phenoxy) is 2. The van der Waals surface area contributed by atoms with E-state index in [4.69, 9.17) is 15.3 Å². The number of hydrogen-bond acceptors (Lipinski definition) is 8. The first-order valence-corrected chi connectivity index (χ1v) is 9.82. The molecule has 0 bridgehead atoms. The van der Waals surface area contributed by atoms with Crippen molar-refractivity contribution in [2.24, 2.45) is 0 Å². The van der Waals surface area contributed by atoms with E-state index in [1.807, 2.05) is 24.3 Å². The van der Waals surface area contributed by atoms with E-state index in [1.54, 1.807) is 32.7 Å². The van der Waals surface area contributed by atoms with E-state index < -0.39 is 0 Å². The predicted molar refractivity (Wildman–Crippen MR) is 110 cm³/mol. The number of benzene rings is 1. The van der Waals surface area contributed by atoms with Gasteiger partial charge in [-0.05, 0) is 36.2 Å². The van der Waals surface area contributed by atoms with Gasteiger partial charge in [0.15, 0.2) is 17.3 Å². The monoisotopic (exact) mass is 414 g/mol. The molecular weight excluding hydrogens is 392 g/mol. The zero-order valence-corrected chi connectivity index (χ0v) is 17.0. The van der Waals surface area contributed by atoms with E-state index in [9.17, 15) is 4.79 Å². The molecule has 0 unspecified atom stereocenters. The zero-order chi connectivity index (χ0) is 20.6. The van der Waals surface area contributed by atoms with Crippen LogP contribution in [0.2, 0.25) is 0 Å². The lowest BCUT2D eigenvalue weighted by Crippen LogP contribution is -2.27.